The van der Waals surface area contributed by atoms with E-state index in [1.54, 1.807) is 13.8 Å². The van der Waals surface area contributed by atoms with Gasteiger partial charge in [-0.25, -0.2) is 14.4 Å². The normalized spacial score (nSPS) is 12.3. The average Bonchev–Trinajstić information content (AvgIpc) is 2.31. The van der Waals surface area contributed by atoms with Crippen molar-refractivity contribution in [3.8, 4) is 0 Å². The van der Waals surface area contributed by atoms with E-state index in [2.05, 4.69) is 20.6 Å². The van der Waals surface area contributed by atoms with Gasteiger partial charge in [0.2, 0.25) is 5.91 Å². The Labute approximate surface area is 106 Å². The Bertz CT molecular complexity index is 423. The van der Waals surface area contributed by atoms with E-state index >= 15 is 0 Å². The molecular formula is C12H19FN4O. The molecule has 0 fully saturated rings. The van der Waals surface area contributed by atoms with E-state index in [9.17, 15) is 9.18 Å². The van der Waals surface area contributed by atoms with Gasteiger partial charge < -0.3 is 10.6 Å². The van der Waals surface area contributed by atoms with E-state index in [0.717, 1.165) is 0 Å². The van der Waals surface area contributed by atoms with Crippen LogP contribution in [-0.4, -0.2) is 28.5 Å². The Balaban J connectivity index is 2.61. The van der Waals surface area contributed by atoms with E-state index in [1.165, 1.54) is 6.33 Å². The van der Waals surface area contributed by atoms with Gasteiger partial charge in [-0.05, 0) is 19.8 Å². The number of amides is 1. The molecule has 18 heavy (non-hydrogen) atoms. The van der Waals surface area contributed by atoms with Crippen LogP contribution in [0, 0.1) is 18.7 Å². The second-order valence-electron chi connectivity index (χ2n) is 4.63. The van der Waals surface area contributed by atoms with E-state index in [1.807, 2.05) is 13.8 Å². The van der Waals surface area contributed by atoms with Crippen molar-refractivity contribution in [3.63, 3.8) is 0 Å². The van der Waals surface area contributed by atoms with Crippen molar-refractivity contribution in [3.05, 3.63) is 17.8 Å². The molecule has 1 unspecified atom stereocenters. The molecule has 0 aliphatic heterocycles. The van der Waals surface area contributed by atoms with Gasteiger partial charge in [0.05, 0.1) is 5.69 Å². The summed E-state index contributed by atoms with van der Waals surface area (Å²) in [5.74, 6) is -0.283. The molecule has 0 aliphatic carbocycles. The number of hydrogen-bond donors (Lipinski definition) is 2. The Morgan fingerprint density at radius 2 is 2.06 bits per heavy atom. The van der Waals surface area contributed by atoms with E-state index in [0.29, 0.717) is 12.5 Å². The highest BCUT2D eigenvalue weighted by molar-refractivity contribution is 5.83. The van der Waals surface area contributed by atoms with Gasteiger partial charge in [0.25, 0.3) is 0 Å². The topological polar surface area (TPSA) is 66.9 Å². The molecule has 1 atom stereocenters. The molecule has 0 aromatic carbocycles. The molecule has 1 rings (SSSR count). The lowest BCUT2D eigenvalue weighted by atomic mass is 10.2. The lowest BCUT2D eigenvalue weighted by Crippen LogP contribution is -2.39. The number of aromatic nitrogens is 2. The number of rotatable bonds is 5. The van der Waals surface area contributed by atoms with Crippen molar-refractivity contribution in [2.75, 3.05) is 11.9 Å². The van der Waals surface area contributed by atoms with Crippen LogP contribution in [-0.2, 0) is 4.79 Å². The van der Waals surface area contributed by atoms with E-state index in [-0.39, 0.29) is 17.4 Å². The highest BCUT2D eigenvalue weighted by atomic mass is 19.1. The van der Waals surface area contributed by atoms with Crippen LogP contribution in [0.3, 0.4) is 0 Å². The number of carbonyl (C=O) groups excluding carboxylic acids is 1. The maximum absolute atomic E-state index is 13.6. The van der Waals surface area contributed by atoms with Crippen LogP contribution in [0.2, 0.25) is 0 Å². The van der Waals surface area contributed by atoms with Gasteiger partial charge in [0.1, 0.15) is 12.4 Å². The van der Waals surface area contributed by atoms with Crippen LogP contribution < -0.4 is 10.6 Å². The summed E-state index contributed by atoms with van der Waals surface area (Å²) in [5, 5.41) is 5.51. The second-order valence-corrected chi connectivity index (χ2v) is 4.63. The van der Waals surface area contributed by atoms with Crippen molar-refractivity contribution < 1.29 is 9.18 Å². The molecule has 1 aromatic heterocycles. The third-order valence-corrected chi connectivity index (χ3v) is 2.39. The SMILES string of the molecule is Cc1ncnc(NC(C)C(=O)NCC(C)C)c1F. The number of aryl methyl sites for hydroxylation is 1. The maximum Gasteiger partial charge on any atom is 0.242 e. The molecule has 0 bridgehead atoms. The molecule has 100 valence electrons. The summed E-state index contributed by atoms with van der Waals surface area (Å²) in [6.45, 7) is 7.81. The summed E-state index contributed by atoms with van der Waals surface area (Å²) in [6.07, 6.45) is 1.26. The standard InChI is InChI=1S/C12H19FN4O/c1-7(2)5-14-12(18)9(4)17-11-10(13)8(3)15-6-16-11/h6-7,9H,5H2,1-4H3,(H,14,18)(H,15,16,17). The molecule has 6 heteroatoms. The lowest BCUT2D eigenvalue weighted by molar-refractivity contribution is -0.121. The number of halogens is 1. The quantitative estimate of drug-likeness (QED) is 0.835. The largest absolute Gasteiger partial charge is 0.356 e. The molecule has 0 saturated carbocycles. The molecule has 1 heterocycles. The summed E-state index contributed by atoms with van der Waals surface area (Å²) in [5.41, 5.74) is 0.252. The first-order valence-electron chi connectivity index (χ1n) is 5.93. The van der Waals surface area contributed by atoms with Crippen LogP contribution in [0.4, 0.5) is 10.2 Å². The van der Waals surface area contributed by atoms with Gasteiger partial charge in [-0.2, -0.15) is 0 Å². The summed E-state index contributed by atoms with van der Waals surface area (Å²) >= 11 is 0. The number of hydrogen-bond acceptors (Lipinski definition) is 4. The first-order chi connectivity index (χ1) is 8.41. The fraction of sp³-hybridized carbons (Fsp3) is 0.583. The monoisotopic (exact) mass is 254 g/mol. The Hall–Kier alpha value is -1.72. The summed E-state index contributed by atoms with van der Waals surface area (Å²) < 4.78 is 13.6. The van der Waals surface area contributed by atoms with E-state index in [4.69, 9.17) is 0 Å². The molecule has 0 saturated heterocycles. The van der Waals surface area contributed by atoms with Gasteiger partial charge in [0, 0.05) is 6.54 Å². The summed E-state index contributed by atoms with van der Waals surface area (Å²) in [6, 6.07) is -0.549. The van der Waals surface area contributed by atoms with Crippen molar-refractivity contribution in [1.29, 1.82) is 0 Å². The fourth-order valence-electron chi connectivity index (χ4n) is 1.29. The van der Waals surface area contributed by atoms with Gasteiger partial charge in [-0.1, -0.05) is 13.8 Å². The highest BCUT2D eigenvalue weighted by Gasteiger charge is 2.16. The zero-order valence-electron chi connectivity index (χ0n) is 11.1. The van der Waals surface area contributed by atoms with Crippen molar-refractivity contribution in [2.45, 2.75) is 33.7 Å². The number of nitrogens with one attached hydrogen (secondary N) is 2. The van der Waals surface area contributed by atoms with Crippen LogP contribution in [0.1, 0.15) is 26.5 Å². The van der Waals surface area contributed by atoms with Gasteiger partial charge in [0.15, 0.2) is 11.6 Å². The first kappa shape index (κ1) is 14.3. The minimum absolute atomic E-state index is 0.0506. The van der Waals surface area contributed by atoms with Crippen LogP contribution >= 0.6 is 0 Å². The minimum atomic E-state index is -0.549. The Morgan fingerprint density at radius 3 is 2.67 bits per heavy atom. The van der Waals surface area contributed by atoms with Crippen molar-refractivity contribution in [2.24, 2.45) is 5.92 Å². The maximum atomic E-state index is 13.6. The molecule has 5 nitrogen and oxygen atoms in total. The number of anilines is 1. The number of carbonyl (C=O) groups is 1. The average molecular weight is 254 g/mol. The third-order valence-electron chi connectivity index (χ3n) is 2.39. The molecule has 0 spiro atoms. The summed E-state index contributed by atoms with van der Waals surface area (Å²) in [4.78, 5) is 19.2. The molecular weight excluding hydrogens is 235 g/mol. The predicted molar refractivity (Wildman–Crippen MR) is 67.7 cm³/mol. The zero-order chi connectivity index (χ0) is 13.7. The molecule has 1 aromatic rings. The van der Waals surface area contributed by atoms with Crippen molar-refractivity contribution in [1.82, 2.24) is 15.3 Å². The predicted octanol–water partition coefficient (Wildman–Crippen LogP) is 1.50. The van der Waals surface area contributed by atoms with Crippen LogP contribution in [0.5, 0.6) is 0 Å². The third kappa shape index (κ3) is 3.94. The second kappa shape index (κ2) is 6.28. The lowest BCUT2D eigenvalue weighted by Gasteiger charge is -2.16. The highest BCUT2D eigenvalue weighted by Crippen LogP contribution is 2.12. The van der Waals surface area contributed by atoms with Crippen LogP contribution in [0.15, 0.2) is 6.33 Å². The van der Waals surface area contributed by atoms with Gasteiger partial charge >= 0.3 is 0 Å². The molecule has 0 aliphatic rings. The van der Waals surface area contributed by atoms with Crippen LogP contribution in [0.25, 0.3) is 0 Å². The molecule has 1 amide bonds. The summed E-state index contributed by atoms with van der Waals surface area (Å²) in [7, 11) is 0. The van der Waals surface area contributed by atoms with Crippen molar-refractivity contribution >= 4 is 11.7 Å². The molecule has 2 N–H and O–H groups in total. The zero-order valence-corrected chi connectivity index (χ0v) is 11.1. The fourth-order valence-corrected chi connectivity index (χ4v) is 1.29. The smallest absolute Gasteiger partial charge is 0.242 e. The van der Waals surface area contributed by atoms with Gasteiger partial charge in [-0.3, -0.25) is 4.79 Å². The molecule has 0 radical (unpaired) electrons. The van der Waals surface area contributed by atoms with E-state index < -0.39 is 11.9 Å². The number of nitrogens with zero attached hydrogens (tertiary/aromatic N) is 2. The van der Waals surface area contributed by atoms with Gasteiger partial charge in [-0.15, -0.1) is 0 Å². The Morgan fingerprint density at radius 1 is 1.39 bits per heavy atom. The Kier molecular flexibility index (Phi) is 5.00. The minimum Gasteiger partial charge on any atom is -0.356 e. The first-order valence-corrected chi connectivity index (χ1v) is 5.93.